The molecule has 1 saturated heterocycles. The molecule has 1 saturated carbocycles. The summed E-state index contributed by atoms with van der Waals surface area (Å²) < 4.78 is 5.34. The molecule has 102 valence electrons. The van der Waals surface area contributed by atoms with Crippen molar-refractivity contribution in [2.45, 2.75) is 44.8 Å². The third-order valence-electron chi connectivity index (χ3n) is 3.54. The fourth-order valence-electron chi connectivity index (χ4n) is 2.30. The van der Waals surface area contributed by atoms with Crippen molar-refractivity contribution in [3.63, 3.8) is 0 Å². The standard InChI is InChI=1S/C13H22N2O3/c1-12(2,3)18-11(17)14-6-8-15(9-7-14)13(10-16)4-5-13/h10H,4-9H2,1-3H3. The van der Waals surface area contributed by atoms with Crippen LogP contribution < -0.4 is 0 Å². The molecule has 0 bridgehead atoms. The molecule has 1 amide bonds. The predicted molar refractivity (Wildman–Crippen MR) is 67.4 cm³/mol. The minimum absolute atomic E-state index is 0.208. The monoisotopic (exact) mass is 254 g/mol. The van der Waals surface area contributed by atoms with Crippen molar-refractivity contribution < 1.29 is 14.3 Å². The topological polar surface area (TPSA) is 49.9 Å². The van der Waals surface area contributed by atoms with E-state index in [2.05, 4.69) is 4.90 Å². The Hall–Kier alpha value is -1.10. The van der Waals surface area contributed by atoms with E-state index in [1.807, 2.05) is 20.8 Å². The van der Waals surface area contributed by atoms with Crippen molar-refractivity contribution in [2.75, 3.05) is 26.2 Å². The summed E-state index contributed by atoms with van der Waals surface area (Å²) in [5.74, 6) is 0. The normalized spacial score (nSPS) is 23.6. The number of hydrogen-bond donors (Lipinski definition) is 0. The van der Waals surface area contributed by atoms with E-state index in [1.54, 1.807) is 4.90 Å². The summed E-state index contributed by atoms with van der Waals surface area (Å²) >= 11 is 0. The van der Waals surface area contributed by atoms with Gasteiger partial charge in [0.05, 0.1) is 5.54 Å². The Balaban J connectivity index is 1.83. The highest BCUT2D eigenvalue weighted by atomic mass is 16.6. The first kappa shape index (κ1) is 13.3. The van der Waals surface area contributed by atoms with Gasteiger partial charge in [-0.25, -0.2) is 4.79 Å². The van der Waals surface area contributed by atoms with Crippen LogP contribution in [-0.4, -0.2) is 59.5 Å². The lowest BCUT2D eigenvalue weighted by molar-refractivity contribution is -0.114. The summed E-state index contributed by atoms with van der Waals surface area (Å²) in [4.78, 5) is 26.8. The molecule has 2 fully saturated rings. The third-order valence-corrected chi connectivity index (χ3v) is 3.54. The minimum atomic E-state index is -0.450. The largest absolute Gasteiger partial charge is 0.444 e. The van der Waals surface area contributed by atoms with E-state index in [4.69, 9.17) is 4.74 Å². The first-order valence-corrected chi connectivity index (χ1v) is 6.56. The van der Waals surface area contributed by atoms with Crippen LogP contribution in [0.2, 0.25) is 0 Å². The Kier molecular flexibility index (Phi) is 3.36. The molecule has 1 aliphatic carbocycles. The molecule has 5 heteroatoms. The van der Waals surface area contributed by atoms with Crippen LogP contribution in [0.5, 0.6) is 0 Å². The fraction of sp³-hybridized carbons (Fsp3) is 0.846. The number of hydrogen-bond acceptors (Lipinski definition) is 4. The van der Waals surface area contributed by atoms with E-state index in [9.17, 15) is 9.59 Å². The zero-order chi connectivity index (χ0) is 13.4. The van der Waals surface area contributed by atoms with Gasteiger partial charge in [0, 0.05) is 26.2 Å². The molecule has 0 atom stereocenters. The molecule has 1 aliphatic heterocycles. The maximum atomic E-state index is 11.9. The molecular weight excluding hydrogens is 232 g/mol. The summed E-state index contributed by atoms with van der Waals surface area (Å²) in [7, 11) is 0. The molecule has 0 aromatic rings. The highest BCUT2D eigenvalue weighted by Gasteiger charge is 2.48. The van der Waals surface area contributed by atoms with Crippen LogP contribution in [0.4, 0.5) is 4.79 Å². The number of ether oxygens (including phenoxy) is 1. The lowest BCUT2D eigenvalue weighted by Gasteiger charge is -2.38. The smallest absolute Gasteiger partial charge is 0.410 e. The van der Waals surface area contributed by atoms with Crippen LogP contribution in [0.3, 0.4) is 0 Å². The van der Waals surface area contributed by atoms with Crippen LogP contribution in [0.25, 0.3) is 0 Å². The first-order chi connectivity index (χ1) is 8.36. The van der Waals surface area contributed by atoms with Gasteiger partial charge in [0.1, 0.15) is 11.9 Å². The molecule has 2 aliphatic rings. The average Bonchev–Trinajstić information content (AvgIpc) is 3.08. The number of amides is 1. The lowest BCUT2D eigenvalue weighted by Crippen LogP contribution is -2.54. The van der Waals surface area contributed by atoms with Crippen molar-refractivity contribution in [1.82, 2.24) is 9.80 Å². The average molecular weight is 254 g/mol. The second-order valence-corrected chi connectivity index (χ2v) is 6.18. The Labute approximate surface area is 108 Å². The van der Waals surface area contributed by atoms with Gasteiger partial charge < -0.3 is 14.4 Å². The molecule has 18 heavy (non-hydrogen) atoms. The van der Waals surface area contributed by atoms with Crippen molar-refractivity contribution in [3.8, 4) is 0 Å². The van der Waals surface area contributed by atoms with E-state index in [1.165, 1.54) is 0 Å². The van der Waals surface area contributed by atoms with Gasteiger partial charge in [-0.15, -0.1) is 0 Å². The van der Waals surface area contributed by atoms with Gasteiger partial charge in [-0.2, -0.15) is 0 Å². The van der Waals surface area contributed by atoms with Crippen LogP contribution in [0, 0.1) is 0 Å². The molecule has 0 N–H and O–H groups in total. The van der Waals surface area contributed by atoms with E-state index in [0.29, 0.717) is 13.1 Å². The maximum Gasteiger partial charge on any atom is 0.410 e. The second kappa shape index (κ2) is 4.53. The summed E-state index contributed by atoms with van der Waals surface area (Å²) in [6.07, 6.45) is 2.74. The Morgan fingerprint density at radius 1 is 1.17 bits per heavy atom. The third kappa shape index (κ3) is 2.83. The van der Waals surface area contributed by atoms with Gasteiger partial charge in [-0.3, -0.25) is 4.90 Å². The van der Waals surface area contributed by atoms with E-state index >= 15 is 0 Å². The van der Waals surface area contributed by atoms with E-state index in [-0.39, 0.29) is 11.6 Å². The second-order valence-electron chi connectivity index (χ2n) is 6.18. The van der Waals surface area contributed by atoms with Crippen molar-refractivity contribution in [3.05, 3.63) is 0 Å². The Bertz CT molecular complexity index is 337. The molecule has 1 heterocycles. The SMILES string of the molecule is CC(C)(C)OC(=O)N1CCN(C2(C=O)CC2)CC1. The van der Waals surface area contributed by atoms with Crippen LogP contribution in [0.15, 0.2) is 0 Å². The Morgan fingerprint density at radius 3 is 2.11 bits per heavy atom. The quantitative estimate of drug-likeness (QED) is 0.696. The molecule has 0 unspecified atom stereocenters. The lowest BCUT2D eigenvalue weighted by atomic mass is 10.2. The number of aldehydes is 1. The van der Waals surface area contributed by atoms with Gasteiger partial charge in [0.25, 0.3) is 0 Å². The number of rotatable bonds is 2. The van der Waals surface area contributed by atoms with Crippen molar-refractivity contribution in [1.29, 1.82) is 0 Å². The number of nitrogens with zero attached hydrogens (tertiary/aromatic N) is 2. The molecule has 2 rings (SSSR count). The predicted octanol–water partition coefficient (Wildman–Crippen LogP) is 1.27. The zero-order valence-electron chi connectivity index (χ0n) is 11.4. The van der Waals surface area contributed by atoms with Gasteiger partial charge in [0.2, 0.25) is 0 Å². The first-order valence-electron chi connectivity index (χ1n) is 6.56. The van der Waals surface area contributed by atoms with Crippen molar-refractivity contribution >= 4 is 12.4 Å². The zero-order valence-corrected chi connectivity index (χ0v) is 11.4. The van der Waals surface area contributed by atoms with Gasteiger partial charge in [0.15, 0.2) is 0 Å². The van der Waals surface area contributed by atoms with Gasteiger partial charge >= 0.3 is 6.09 Å². The highest BCUT2D eigenvalue weighted by Crippen LogP contribution is 2.40. The summed E-state index contributed by atoms with van der Waals surface area (Å²) in [6, 6.07) is 0. The summed E-state index contributed by atoms with van der Waals surface area (Å²) in [5.41, 5.74) is -0.658. The summed E-state index contributed by atoms with van der Waals surface area (Å²) in [6.45, 7) is 8.41. The Morgan fingerprint density at radius 2 is 1.72 bits per heavy atom. The number of piperazine rings is 1. The highest BCUT2D eigenvalue weighted by molar-refractivity contribution is 5.70. The molecule has 0 aromatic carbocycles. The summed E-state index contributed by atoms with van der Waals surface area (Å²) in [5, 5.41) is 0. The molecule has 0 radical (unpaired) electrons. The molecule has 5 nitrogen and oxygen atoms in total. The van der Waals surface area contributed by atoms with E-state index in [0.717, 1.165) is 32.2 Å². The molecular formula is C13H22N2O3. The van der Waals surface area contributed by atoms with Crippen LogP contribution >= 0.6 is 0 Å². The van der Waals surface area contributed by atoms with Gasteiger partial charge in [-0.05, 0) is 33.6 Å². The molecule has 0 spiro atoms. The maximum absolute atomic E-state index is 11.9. The van der Waals surface area contributed by atoms with Crippen molar-refractivity contribution in [2.24, 2.45) is 0 Å². The van der Waals surface area contributed by atoms with Gasteiger partial charge in [-0.1, -0.05) is 0 Å². The number of carbonyl (C=O) groups excluding carboxylic acids is 2. The fourth-order valence-corrected chi connectivity index (χ4v) is 2.30. The molecule has 0 aromatic heterocycles. The van der Waals surface area contributed by atoms with E-state index < -0.39 is 5.60 Å². The minimum Gasteiger partial charge on any atom is -0.444 e. The number of carbonyl (C=O) groups is 2. The van der Waals surface area contributed by atoms with Crippen LogP contribution in [0.1, 0.15) is 33.6 Å². The van der Waals surface area contributed by atoms with Crippen LogP contribution in [-0.2, 0) is 9.53 Å².